The molecule has 0 aromatic carbocycles. The molecule has 1 aliphatic carbocycles. The molecule has 6 heteroatoms. The van der Waals surface area contributed by atoms with Gasteiger partial charge in [-0.1, -0.05) is 33.6 Å². The quantitative estimate of drug-likeness (QED) is 0.792. The van der Waals surface area contributed by atoms with Gasteiger partial charge in [0.05, 0.1) is 22.0 Å². The maximum atomic E-state index is 12.5. The van der Waals surface area contributed by atoms with Crippen LogP contribution in [0.1, 0.15) is 61.7 Å². The summed E-state index contributed by atoms with van der Waals surface area (Å²) < 4.78 is 0. The van der Waals surface area contributed by atoms with Gasteiger partial charge in [-0.2, -0.15) is 0 Å². The number of thiophene rings is 1. The molecule has 2 amide bonds. The van der Waals surface area contributed by atoms with Crippen LogP contribution in [0.5, 0.6) is 0 Å². The van der Waals surface area contributed by atoms with Crippen molar-refractivity contribution >= 4 is 28.2 Å². The van der Waals surface area contributed by atoms with Crippen molar-refractivity contribution in [3.05, 3.63) is 16.5 Å². The number of carbonyl (C=O) groups excluding carboxylic acids is 2. The SMILES string of the molecule is Cc1cc(NC(=O)C(C)(C)C)sc1C(=O)NC1CCCCC1O. The molecule has 128 valence electrons. The number of aliphatic hydroxyl groups is 1. The molecule has 3 N–H and O–H groups in total. The highest BCUT2D eigenvalue weighted by Gasteiger charge is 2.27. The first-order valence-electron chi connectivity index (χ1n) is 8.09. The molecular weight excluding hydrogens is 312 g/mol. The van der Waals surface area contributed by atoms with E-state index < -0.39 is 11.5 Å². The van der Waals surface area contributed by atoms with Gasteiger partial charge in [0.25, 0.3) is 5.91 Å². The molecule has 1 fully saturated rings. The lowest BCUT2D eigenvalue weighted by Gasteiger charge is -2.28. The van der Waals surface area contributed by atoms with Crippen molar-refractivity contribution in [2.75, 3.05) is 5.32 Å². The van der Waals surface area contributed by atoms with Crippen molar-refractivity contribution in [1.29, 1.82) is 0 Å². The van der Waals surface area contributed by atoms with Crippen LogP contribution in [-0.2, 0) is 4.79 Å². The van der Waals surface area contributed by atoms with E-state index in [1.165, 1.54) is 11.3 Å². The van der Waals surface area contributed by atoms with E-state index in [2.05, 4.69) is 10.6 Å². The third-order valence-corrected chi connectivity index (χ3v) is 5.24. The molecule has 1 saturated carbocycles. The first-order valence-corrected chi connectivity index (χ1v) is 8.91. The summed E-state index contributed by atoms with van der Waals surface area (Å²) in [5, 5.41) is 16.4. The average Bonchev–Trinajstić information content (AvgIpc) is 2.81. The summed E-state index contributed by atoms with van der Waals surface area (Å²) in [7, 11) is 0. The highest BCUT2D eigenvalue weighted by molar-refractivity contribution is 7.18. The second-order valence-corrected chi connectivity index (χ2v) is 8.31. The molecule has 2 atom stereocenters. The molecule has 1 aromatic heterocycles. The van der Waals surface area contributed by atoms with E-state index in [4.69, 9.17) is 0 Å². The molecule has 1 aliphatic rings. The number of aryl methyl sites for hydroxylation is 1. The Morgan fingerprint density at radius 3 is 2.52 bits per heavy atom. The fourth-order valence-electron chi connectivity index (χ4n) is 2.58. The van der Waals surface area contributed by atoms with E-state index in [0.717, 1.165) is 31.2 Å². The Morgan fingerprint density at radius 2 is 1.91 bits per heavy atom. The molecule has 0 spiro atoms. The highest BCUT2D eigenvalue weighted by Crippen LogP contribution is 2.29. The predicted octanol–water partition coefficient (Wildman–Crippen LogP) is 3.07. The van der Waals surface area contributed by atoms with Gasteiger partial charge in [0.1, 0.15) is 0 Å². The van der Waals surface area contributed by atoms with Gasteiger partial charge in [-0.3, -0.25) is 9.59 Å². The van der Waals surface area contributed by atoms with Crippen LogP contribution in [0, 0.1) is 12.3 Å². The second kappa shape index (κ2) is 7.01. The first kappa shape index (κ1) is 17.9. The Balaban J connectivity index is 2.05. The average molecular weight is 338 g/mol. The monoisotopic (exact) mass is 338 g/mol. The van der Waals surface area contributed by atoms with Crippen LogP contribution in [0.3, 0.4) is 0 Å². The number of rotatable bonds is 3. The molecule has 2 rings (SSSR count). The van der Waals surface area contributed by atoms with Crippen molar-refractivity contribution in [2.45, 2.75) is 65.5 Å². The zero-order chi connectivity index (χ0) is 17.2. The second-order valence-electron chi connectivity index (χ2n) is 7.26. The molecule has 0 bridgehead atoms. The molecule has 0 saturated heterocycles. The lowest BCUT2D eigenvalue weighted by molar-refractivity contribution is -0.123. The van der Waals surface area contributed by atoms with Crippen LogP contribution in [0.25, 0.3) is 0 Å². The number of aliphatic hydroxyl groups excluding tert-OH is 1. The summed E-state index contributed by atoms with van der Waals surface area (Å²) >= 11 is 1.28. The summed E-state index contributed by atoms with van der Waals surface area (Å²) in [6.07, 6.45) is 3.12. The summed E-state index contributed by atoms with van der Waals surface area (Å²) in [5.74, 6) is -0.247. The van der Waals surface area contributed by atoms with Gasteiger partial charge in [0.15, 0.2) is 0 Å². The Kier molecular flexibility index (Phi) is 5.47. The molecule has 2 unspecified atom stereocenters. The van der Waals surface area contributed by atoms with Crippen LogP contribution in [0.2, 0.25) is 0 Å². The molecule has 23 heavy (non-hydrogen) atoms. The summed E-state index contributed by atoms with van der Waals surface area (Å²) in [5.41, 5.74) is 0.356. The van der Waals surface area contributed by atoms with Gasteiger partial charge in [0.2, 0.25) is 5.91 Å². The molecule has 1 heterocycles. The number of anilines is 1. The molecule has 5 nitrogen and oxygen atoms in total. The zero-order valence-corrected chi connectivity index (χ0v) is 15.0. The van der Waals surface area contributed by atoms with Crippen LogP contribution in [-0.4, -0.2) is 29.1 Å². The molecule has 0 aliphatic heterocycles. The smallest absolute Gasteiger partial charge is 0.262 e. The Hall–Kier alpha value is -1.40. The third-order valence-electron chi connectivity index (χ3n) is 4.09. The highest BCUT2D eigenvalue weighted by atomic mass is 32.1. The van der Waals surface area contributed by atoms with Gasteiger partial charge >= 0.3 is 0 Å². The minimum atomic E-state index is -0.480. The standard InChI is InChI=1S/C17H26N2O3S/c1-10-9-13(19-16(22)17(2,3)4)23-14(10)15(21)18-11-7-5-6-8-12(11)20/h9,11-12,20H,5-8H2,1-4H3,(H,18,21)(H,19,22). The van der Waals surface area contributed by atoms with Crippen LogP contribution < -0.4 is 10.6 Å². The Labute approximate surface area is 141 Å². The number of amides is 2. The van der Waals surface area contributed by atoms with E-state index in [1.807, 2.05) is 33.8 Å². The number of carbonyl (C=O) groups is 2. The van der Waals surface area contributed by atoms with Gasteiger partial charge in [0, 0.05) is 5.41 Å². The summed E-state index contributed by atoms with van der Waals surface area (Å²) in [6, 6.07) is 1.64. The van der Waals surface area contributed by atoms with Crippen molar-refractivity contribution in [2.24, 2.45) is 5.41 Å². The van der Waals surface area contributed by atoms with Gasteiger partial charge in [-0.05, 0) is 31.4 Å². The fraction of sp³-hybridized carbons (Fsp3) is 0.647. The number of nitrogens with one attached hydrogen (secondary N) is 2. The fourth-order valence-corrected chi connectivity index (χ4v) is 3.55. The van der Waals surface area contributed by atoms with E-state index in [0.29, 0.717) is 9.88 Å². The summed E-state index contributed by atoms with van der Waals surface area (Å²) in [4.78, 5) is 25.1. The number of hydrogen-bond donors (Lipinski definition) is 3. The van der Waals surface area contributed by atoms with E-state index in [-0.39, 0.29) is 17.9 Å². The van der Waals surface area contributed by atoms with E-state index >= 15 is 0 Å². The zero-order valence-electron chi connectivity index (χ0n) is 14.2. The minimum absolute atomic E-state index is 0.0755. The first-order chi connectivity index (χ1) is 10.7. The topological polar surface area (TPSA) is 78.4 Å². The van der Waals surface area contributed by atoms with Crippen molar-refractivity contribution in [3.8, 4) is 0 Å². The lowest BCUT2D eigenvalue weighted by Crippen LogP contribution is -2.45. The predicted molar refractivity (Wildman–Crippen MR) is 92.9 cm³/mol. The van der Waals surface area contributed by atoms with Crippen molar-refractivity contribution in [1.82, 2.24) is 5.32 Å². The largest absolute Gasteiger partial charge is 0.391 e. The Morgan fingerprint density at radius 1 is 1.26 bits per heavy atom. The Bertz CT molecular complexity index is 589. The van der Waals surface area contributed by atoms with Gasteiger partial charge in [-0.25, -0.2) is 0 Å². The molecule has 1 aromatic rings. The third kappa shape index (κ3) is 4.54. The van der Waals surface area contributed by atoms with Crippen molar-refractivity contribution < 1.29 is 14.7 Å². The van der Waals surface area contributed by atoms with Gasteiger partial charge in [-0.15, -0.1) is 11.3 Å². The molecule has 0 radical (unpaired) electrons. The van der Waals surface area contributed by atoms with Crippen LogP contribution in [0.15, 0.2) is 6.07 Å². The van der Waals surface area contributed by atoms with Crippen LogP contribution in [0.4, 0.5) is 5.00 Å². The van der Waals surface area contributed by atoms with E-state index in [9.17, 15) is 14.7 Å². The minimum Gasteiger partial charge on any atom is -0.391 e. The van der Waals surface area contributed by atoms with E-state index in [1.54, 1.807) is 0 Å². The maximum absolute atomic E-state index is 12.5. The summed E-state index contributed by atoms with van der Waals surface area (Å²) in [6.45, 7) is 7.40. The molecular formula is C17H26N2O3S. The number of hydrogen-bond acceptors (Lipinski definition) is 4. The lowest BCUT2D eigenvalue weighted by atomic mass is 9.92. The van der Waals surface area contributed by atoms with Crippen LogP contribution >= 0.6 is 11.3 Å². The van der Waals surface area contributed by atoms with Gasteiger partial charge < -0.3 is 15.7 Å². The normalized spacial score (nSPS) is 21.8. The maximum Gasteiger partial charge on any atom is 0.262 e. The van der Waals surface area contributed by atoms with Crippen molar-refractivity contribution in [3.63, 3.8) is 0 Å².